The van der Waals surface area contributed by atoms with Crippen molar-refractivity contribution in [3.63, 3.8) is 0 Å². The van der Waals surface area contributed by atoms with Crippen LogP contribution in [0, 0.1) is 0 Å². The Bertz CT molecular complexity index is 479. The Labute approximate surface area is 95.6 Å². The molecule has 0 radical (unpaired) electrons. The van der Waals surface area contributed by atoms with E-state index in [0.717, 1.165) is 10.1 Å². The zero-order valence-corrected chi connectivity index (χ0v) is 8.98. The Morgan fingerprint density at radius 3 is 2.69 bits per heavy atom. The summed E-state index contributed by atoms with van der Waals surface area (Å²) in [5.74, 6) is 0.0937. The van der Waals surface area contributed by atoms with Crippen LogP contribution in [0.5, 0.6) is 0 Å². The van der Waals surface area contributed by atoms with Crippen LogP contribution >= 0.6 is 11.8 Å². The van der Waals surface area contributed by atoms with E-state index in [4.69, 9.17) is 10.9 Å². The van der Waals surface area contributed by atoms with Gasteiger partial charge >= 0.3 is 0 Å². The van der Waals surface area contributed by atoms with Crippen LogP contribution in [0.25, 0.3) is 0 Å². The number of amidine groups is 1. The van der Waals surface area contributed by atoms with E-state index in [1.165, 1.54) is 18.1 Å². The standard InChI is InChI=1S/C9H9N5OS/c10-8(14-15)6-1-3-7(4-2-6)16-9-11-5-12-13-9/h1-5,15H,(H2,10,14)(H,11,12,13). The first-order valence-electron chi connectivity index (χ1n) is 4.41. The number of nitrogens with zero attached hydrogens (tertiary/aromatic N) is 3. The van der Waals surface area contributed by atoms with Crippen molar-refractivity contribution < 1.29 is 5.21 Å². The largest absolute Gasteiger partial charge is 0.409 e. The molecule has 16 heavy (non-hydrogen) atoms. The van der Waals surface area contributed by atoms with Crippen molar-refractivity contribution in [3.05, 3.63) is 36.2 Å². The molecule has 1 aromatic carbocycles. The van der Waals surface area contributed by atoms with Gasteiger partial charge in [0.2, 0.25) is 0 Å². The number of aromatic amines is 1. The number of benzene rings is 1. The highest BCUT2D eigenvalue weighted by Crippen LogP contribution is 2.23. The van der Waals surface area contributed by atoms with Gasteiger partial charge in [0.25, 0.3) is 0 Å². The van der Waals surface area contributed by atoms with Crippen LogP contribution in [-0.4, -0.2) is 26.2 Å². The quantitative estimate of drug-likeness (QED) is 0.319. The lowest BCUT2D eigenvalue weighted by Crippen LogP contribution is -2.12. The minimum absolute atomic E-state index is 0.0937. The number of nitrogens with two attached hydrogens (primary N) is 1. The summed E-state index contributed by atoms with van der Waals surface area (Å²) in [6, 6.07) is 7.27. The number of nitrogens with one attached hydrogen (secondary N) is 1. The van der Waals surface area contributed by atoms with Gasteiger partial charge in [-0.2, -0.15) is 5.10 Å². The van der Waals surface area contributed by atoms with Crippen LogP contribution in [0.3, 0.4) is 0 Å². The summed E-state index contributed by atoms with van der Waals surface area (Å²) < 4.78 is 0. The fourth-order valence-corrected chi connectivity index (χ4v) is 1.80. The molecule has 1 heterocycles. The van der Waals surface area contributed by atoms with E-state index in [9.17, 15) is 0 Å². The van der Waals surface area contributed by atoms with Gasteiger partial charge in [0.15, 0.2) is 11.0 Å². The first-order chi connectivity index (χ1) is 7.79. The minimum Gasteiger partial charge on any atom is -0.409 e. The van der Waals surface area contributed by atoms with Crippen molar-refractivity contribution in [3.8, 4) is 0 Å². The average molecular weight is 235 g/mol. The zero-order chi connectivity index (χ0) is 11.4. The molecule has 0 fully saturated rings. The van der Waals surface area contributed by atoms with Gasteiger partial charge < -0.3 is 10.9 Å². The molecule has 7 heteroatoms. The summed E-state index contributed by atoms with van der Waals surface area (Å²) in [4.78, 5) is 4.98. The molecule has 0 bridgehead atoms. The predicted octanol–water partition coefficient (Wildman–Crippen LogP) is 1.05. The molecule has 0 saturated carbocycles. The highest BCUT2D eigenvalue weighted by atomic mass is 32.2. The second kappa shape index (κ2) is 4.67. The molecule has 0 aliphatic rings. The lowest BCUT2D eigenvalue weighted by Gasteiger charge is -2.00. The van der Waals surface area contributed by atoms with Crippen molar-refractivity contribution in [2.24, 2.45) is 10.9 Å². The monoisotopic (exact) mass is 235 g/mol. The first-order valence-corrected chi connectivity index (χ1v) is 5.22. The van der Waals surface area contributed by atoms with Crippen molar-refractivity contribution in [2.45, 2.75) is 10.1 Å². The van der Waals surface area contributed by atoms with Gasteiger partial charge in [-0.15, -0.1) is 0 Å². The van der Waals surface area contributed by atoms with Crippen LogP contribution in [0.15, 0.2) is 45.8 Å². The maximum atomic E-state index is 8.50. The molecule has 82 valence electrons. The van der Waals surface area contributed by atoms with Crippen molar-refractivity contribution in [1.82, 2.24) is 15.2 Å². The van der Waals surface area contributed by atoms with Crippen LogP contribution < -0.4 is 5.73 Å². The molecule has 0 saturated heterocycles. The van der Waals surface area contributed by atoms with Crippen molar-refractivity contribution in [2.75, 3.05) is 0 Å². The molecule has 0 aliphatic carbocycles. The number of rotatable bonds is 3. The first kappa shape index (κ1) is 10.5. The number of hydrogen-bond acceptors (Lipinski definition) is 5. The number of aromatic nitrogens is 3. The Morgan fingerprint density at radius 2 is 2.12 bits per heavy atom. The van der Waals surface area contributed by atoms with Crippen LogP contribution in [-0.2, 0) is 0 Å². The SMILES string of the molecule is N/C(=N\O)c1ccc(Sc2ncn[nH]2)cc1. The van der Waals surface area contributed by atoms with Gasteiger partial charge in [-0.1, -0.05) is 29.1 Å². The Balaban J connectivity index is 2.14. The van der Waals surface area contributed by atoms with Gasteiger partial charge in [-0.3, -0.25) is 5.10 Å². The van der Waals surface area contributed by atoms with E-state index in [1.54, 1.807) is 12.1 Å². The fraction of sp³-hybridized carbons (Fsp3) is 0. The topological polar surface area (TPSA) is 100 Å². The third-order valence-electron chi connectivity index (χ3n) is 1.87. The highest BCUT2D eigenvalue weighted by Gasteiger charge is 2.02. The Morgan fingerprint density at radius 1 is 1.38 bits per heavy atom. The molecule has 1 aromatic heterocycles. The summed E-state index contributed by atoms with van der Waals surface area (Å²) in [7, 11) is 0. The molecule has 0 atom stereocenters. The van der Waals surface area contributed by atoms with Gasteiger partial charge in [0, 0.05) is 10.5 Å². The molecular weight excluding hydrogens is 226 g/mol. The van der Waals surface area contributed by atoms with Crippen LogP contribution in [0.4, 0.5) is 0 Å². The van der Waals surface area contributed by atoms with Crippen LogP contribution in [0.1, 0.15) is 5.56 Å². The van der Waals surface area contributed by atoms with Crippen molar-refractivity contribution in [1.29, 1.82) is 0 Å². The fourth-order valence-electron chi connectivity index (χ4n) is 1.11. The molecule has 0 unspecified atom stereocenters. The molecular formula is C9H9N5OS. The third-order valence-corrected chi connectivity index (χ3v) is 2.76. The highest BCUT2D eigenvalue weighted by molar-refractivity contribution is 7.99. The number of oxime groups is 1. The van der Waals surface area contributed by atoms with E-state index in [-0.39, 0.29) is 5.84 Å². The summed E-state index contributed by atoms with van der Waals surface area (Å²) >= 11 is 1.45. The van der Waals surface area contributed by atoms with Crippen LogP contribution in [0.2, 0.25) is 0 Å². The summed E-state index contributed by atoms with van der Waals surface area (Å²) in [6.07, 6.45) is 1.45. The third kappa shape index (κ3) is 2.31. The number of hydrogen-bond donors (Lipinski definition) is 3. The number of H-pyrrole nitrogens is 1. The van der Waals surface area contributed by atoms with E-state index in [2.05, 4.69) is 20.3 Å². The Hall–Kier alpha value is -2.02. The summed E-state index contributed by atoms with van der Waals surface area (Å²) in [6.45, 7) is 0. The zero-order valence-electron chi connectivity index (χ0n) is 8.16. The minimum atomic E-state index is 0.0937. The lowest BCUT2D eigenvalue weighted by molar-refractivity contribution is 0.318. The Kier molecular flexibility index (Phi) is 3.06. The normalized spacial score (nSPS) is 11.6. The molecule has 4 N–H and O–H groups in total. The molecule has 0 amide bonds. The van der Waals surface area contributed by atoms with Gasteiger partial charge in [0.05, 0.1) is 0 Å². The average Bonchev–Trinajstić information content (AvgIpc) is 2.82. The molecule has 2 aromatic rings. The van der Waals surface area contributed by atoms with E-state index in [0.29, 0.717) is 5.56 Å². The molecule has 2 rings (SSSR count). The summed E-state index contributed by atoms with van der Waals surface area (Å²) in [5.41, 5.74) is 6.12. The second-order valence-corrected chi connectivity index (χ2v) is 3.96. The smallest absolute Gasteiger partial charge is 0.188 e. The maximum Gasteiger partial charge on any atom is 0.188 e. The predicted molar refractivity (Wildman–Crippen MR) is 59.5 cm³/mol. The van der Waals surface area contributed by atoms with Gasteiger partial charge in [0.1, 0.15) is 6.33 Å². The second-order valence-electron chi connectivity index (χ2n) is 2.90. The van der Waals surface area contributed by atoms with Gasteiger partial charge in [-0.05, 0) is 12.1 Å². The molecule has 6 nitrogen and oxygen atoms in total. The van der Waals surface area contributed by atoms with Crippen molar-refractivity contribution >= 4 is 17.6 Å². The van der Waals surface area contributed by atoms with E-state index >= 15 is 0 Å². The molecule has 0 aliphatic heterocycles. The van der Waals surface area contributed by atoms with Gasteiger partial charge in [-0.25, -0.2) is 4.98 Å². The van der Waals surface area contributed by atoms with E-state index in [1.807, 2.05) is 12.1 Å². The summed E-state index contributed by atoms with van der Waals surface area (Å²) in [5, 5.41) is 18.6. The lowest BCUT2D eigenvalue weighted by atomic mass is 10.2. The molecule has 0 spiro atoms. The maximum absolute atomic E-state index is 8.50. The van der Waals surface area contributed by atoms with E-state index < -0.39 is 0 Å².